The highest BCUT2D eigenvalue weighted by Gasteiger charge is 2.36. The third-order valence-electron chi connectivity index (χ3n) is 7.60. The zero-order valence-electron chi connectivity index (χ0n) is 25.0. The number of hydrogen-bond acceptors (Lipinski definition) is 10. The maximum Gasteiger partial charge on any atom is 0.321 e. The van der Waals surface area contributed by atoms with Crippen molar-refractivity contribution in [2.75, 3.05) is 43.6 Å². The molecule has 2 aromatic carbocycles. The van der Waals surface area contributed by atoms with Gasteiger partial charge in [0.15, 0.2) is 27.9 Å². The largest absolute Gasteiger partial charge is 0.485 e. The number of nitrogens with zero attached hydrogens (tertiary/aromatic N) is 3. The summed E-state index contributed by atoms with van der Waals surface area (Å²) in [5.41, 5.74) is 0.815. The van der Waals surface area contributed by atoms with E-state index in [-0.39, 0.29) is 65.8 Å². The van der Waals surface area contributed by atoms with E-state index < -0.39 is 34.1 Å². The lowest BCUT2D eigenvalue weighted by molar-refractivity contribution is 0.0373. The maximum atomic E-state index is 13.8. The summed E-state index contributed by atoms with van der Waals surface area (Å²) in [5.74, 6) is 0.449. The molecule has 0 bridgehead atoms. The molecule has 0 aliphatic carbocycles. The number of aromatic nitrogens is 1. The molecule has 3 heterocycles. The van der Waals surface area contributed by atoms with Crippen molar-refractivity contribution in [3.63, 3.8) is 0 Å². The lowest BCUT2D eigenvalue weighted by atomic mass is 9.99. The van der Waals surface area contributed by atoms with E-state index in [1.807, 2.05) is 6.92 Å². The second kappa shape index (κ2) is 12.2. The van der Waals surface area contributed by atoms with Gasteiger partial charge in [-0.3, -0.25) is 9.52 Å². The highest BCUT2D eigenvalue weighted by atomic mass is 32.2. The predicted molar refractivity (Wildman–Crippen MR) is 159 cm³/mol. The Kier molecular flexibility index (Phi) is 8.61. The molecule has 0 saturated heterocycles. The van der Waals surface area contributed by atoms with Gasteiger partial charge in [-0.1, -0.05) is 18.1 Å². The number of nitrogens with one attached hydrogen (secondary N) is 2. The van der Waals surface area contributed by atoms with Gasteiger partial charge in [-0.2, -0.15) is 0 Å². The molecule has 0 radical (unpaired) electrons. The average Bonchev–Trinajstić information content (AvgIpc) is 3.59. The number of para-hydroxylation sites is 1. The fourth-order valence-corrected chi connectivity index (χ4v) is 6.54. The molecule has 3 atom stereocenters. The number of rotatable bonds is 8. The quantitative estimate of drug-likeness (QED) is 0.336. The molecule has 3 amide bonds. The van der Waals surface area contributed by atoms with Crippen LogP contribution in [-0.4, -0.2) is 86.1 Å². The molecule has 5 rings (SSSR count). The molecular formula is C29H35N5O9S. The average molecular weight is 630 g/mol. The normalized spacial score (nSPS) is 18.5. The van der Waals surface area contributed by atoms with Crippen LogP contribution in [0.5, 0.6) is 17.2 Å². The summed E-state index contributed by atoms with van der Waals surface area (Å²) in [5, 5.41) is 16.5. The van der Waals surface area contributed by atoms with E-state index in [9.17, 15) is 23.1 Å². The number of hydrogen-bond donors (Lipinski definition) is 3. The highest BCUT2D eigenvalue weighted by molar-refractivity contribution is 7.92. The van der Waals surface area contributed by atoms with Gasteiger partial charge in [0.2, 0.25) is 6.79 Å². The van der Waals surface area contributed by atoms with Crippen LogP contribution >= 0.6 is 0 Å². The van der Waals surface area contributed by atoms with Crippen LogP contribution in [0.4, 0.5) is 16.2 Å². The fraction of sp³-hybridized carbons (Fsp3) is 0.414. The lowest BCUT2D eigenvalue weighted by Gasteiger charge is -2.38. The van der Waals surface area contributed by atoms with Gasteiger partial charge in [0.1, 0.15) is 11.8 Å². The summed E-state index contributed by atoms with van der Waals surface area (Å²) in [4.78, 5) is 29.8. The number of carbonyl (C=O) groups is 2. The summed E-state index contributed by atoms with van der Waals surface area (Å²) in [6, 6.07) is 8.66. The molecule has 15 heteroatoms. The van der Waals surface area contributed by atoms with E-state index in [4.69, 9.17) is 18.7 Å². The molecule has 14 nitrogen and oxygen atoms in total. The standard InChI is InChI=1S/C29H35N5O9S/c1-16-12-34(17(2)14-35)28(36)21-7-6-8-22(32-44(38,39)27-18(3)31-43-19(27)4)26(21)42-25(16)13-33(5)29(37)30-20-9-10-23-24(11-20)41-15-40-23/h6-11,16-17,25,32,35H,12-15H2,1-5H3,(H,30,37)/t16-,17+,25-/m1/s1. The minimum absolute atomic E-state index is 0.00380. The summed E-state index contributed by atoms with van der Waals surface area (Å²) < 4.78 is 51.6. The van der Waals surface area contributed by atoms with Crippen LogP contribution in [0.2, 0.25) is 0 Å². The number of fused-ring (bicyclic) bond motifs is 2. The molecule has 0 spiro atoms. The zero-order chi connectivity index (χ0) is 31.8. The lowest BCUT2D eigenvalue weighted by Crippen LogP contribution is -2.50. The van der Waals surface area contributed by atoms with Gasteiger partial charge in [-0.05, 0) is 45.0 Å². The predicted octanol–water partition coefficient (Wildman–Crippen LogP) is 3.20. The first-order chi connectivity index (χ1) is 20.9. The molecule has 3 aromatic rings. The Hall–Kier alpha value is -4.50. The monoisotopic (exact) mass is 629 g/mol. The van der Waals surface area contributed by atoms with Crippen molar-refractivity contribution >= 4 is 33.3 Å². The van der Waals surface area contributed by atoms with Gasteiger partial charge in [0.05, 0.1) is 30.4 Å². The first-order valence-corrected chi connectivity index (χ1v) is 15.5. The van der Waals surface area contributed by atoms with E-state index in [0.29, 0.717) is 17.2 Å². The van der Waals surface area contributed by atoms with Crippen molar-refractivity contribution < 1.29 is 41.8 Å². The van der Waals surface area contributed by atoms with E-state index in [1.165, 1.54) is 41.8 Å². The second-order valence-corrected chi connectivity index (χ2v) is 12.6. The SMILES string of the molecule is Cc1noc(C)c1S(=O)(=O)Nc1cccc2c1O[C@H](CN(C)C(=O)Nc1ccc3c(c1)OCO3)[C@H](C)CN([C@@H](C)CO)C2=O. The van der Waals surface area contributed by atoms with Crippen molar-refractivity contribution in [1.82, 2.24) is 15.0 Å². The van der Waals surface area contributed by atoms with Crippen LogP contribution in [0.1, 0.15) is 35.7 Å². The topological polar surface area (TPSA) is 173 Å². The second-order valence-electron chi connectivity index (χ2n) is 10.9. The summed E-state index contributed by atoms with van der Waals surface area (Å²) in [6.45, 7) is 6.70. The molecule has 0 fully saturated rings. The zero-order valence-corrected chi connectivity index (χ0v) is 25.8. The summed E-state index contributed by atoms with van der Waals surface area (Å²) >= 11 is 0. The number of aliphatic hydroxyl groups excluding tert-OH is 1. The Bertz CT molecular complexity index is 1660. The Morgan fingerprint density at radius 1 is 1.20 bits per heavy atom. The highest BCUT2D eigenvalue weighted by Crippen LogP contribution is 2.37. The van der Waals surface area contributed by atoms with E-state index >= 15 is 0 Å². The van der Waals surface area contributed by atoms with Crippen LogP contribution in [0, 0.1) is 19.8 Å². The molecule has 44 heavy (non-hydrogen) atoms. The molecule has 2 aliphatic rings. The number of anilines is 2. The number of urea groups is 1. The van der Waals surface area contributed by atoms with Crippen LogP contribution in [0.3, 0.4) is 0 Å². The van der Waals surface area contributed by atoms with Gasteiger partial charge in [-0.15, -0.1) is 0 Å². The van der Waals surface area contributed by atoms with Crippen molar-refractivity contribution in [1.29, 1.82) is 0 Å². The Balaban J connectivity index is 1.46. The van der Waals surface area contributed by atoms with Crippen LogP contribution < -0.4 is 24.2 Å². The molecule has 236 valence electrons. The summed E-state index contributed by atoms with van der Waals surface area (Å²) in [6.07, 6.45) is -0.688. The van der Waals surface area contributed by atoms with Crippen LogP contribution in [0.25, 0.3) is 0 Å². The number of ether oxygens (including phenoxy) is 3. The van der Waals surface area contributed by atoms with Crippen LogP contribution in [-0.2, 0) is 10.0 Å². The molecular weight excluding hydrogens is 594 g/mol. The number of aryl methyl sites for hydroxylation is 2. The van der Waals surface area contributed by atoms with Gasteiger partial charge in [0, 0.05) is 31.3 Å². The third-order valence-corrected chi connectivity index (χ3v) is 9.21. The Labute approximate surface area is 254 Å². The van der Waals surface area contributed by atoms with Crippen molar-refractivity contribution in [3.8, 4) is 17.2 Å². The van der Waals surface area contributed by atoms with Gasteiger partial charge in [-0.25, -0.2) is 13.2 Å². The molecule has 3 N–H and O–H groups in total. The van der Waals surface area contributed by atoms with Crippen molar-refractivity contribution in [2.24, 2.45) is 5.92 Å². The Morgan fingerprint density at radius 3 is 2.66 bits per heavy atom. The summed E-state index contributed by atoms with van der Waals surface area (Å²) in [7, 11) is -2.59. The minimum Gasteiger partial charge on any atom is -0.485 e. The molecule has 0 saturated carbocycles. The van der Waals surface area contributed by atoms with Crippen LogP contribution in [0.15, 0.2) is 45.8 Å². The van der Waals surface area contributed by atoms with Gasteiger partial charge in [0.25, 0.3) is 15.9 Å². The first kappa shape index (κ1) is 30.9. The smallest absolute Gasteiger partial charge is 0.321 e. The number of amides is 3. The number of aliphatic hydroxyl groups is 1. The van der Waals surface area contributed by atoms with E-state index in [1.54, 1.807) is 32.2 Å². The maximum absolute atomic E-state index is 13.8. The van der Waals surface area contributed by atoms with Gasteiger partial charge < -0.3 is 39.0 Å². The number of carbonyl (C=O) groups excluding carboxylic acids is 2. The number of sulfonamides is 1. The van der Waals surface area contributed by atoms with Gasteiger partial charge >= 0.3 is 6.03 Å². The number of likely N-dealkylation sites (N-methyl/N-ethyl adjacent to an activating group) is 1. The van der Waals surface area contributed by atoms with E-state index in [0.717, 1.165) is 0 Å². The minimum atomic E-state index is -4.19. The molecule has 0 unspecified atom stereocenters. The van der Waals surface area contributed by atoms with Crippen molar-refractivity contribution in [3.05, 3.63) is 53.4 Å². The van der Waals surface area contributed by atoms with E-state index in [2.05, 4.69) is 15.2 Å². The Morgan fingerprint density at radius 2 is 1.95 bits per heavy atom. The fourth-order valence-electron chi connectivity index (χ4n) is 5.14. The number of benzene rings is 2. The molecule has 2 aliphatic heterocycles. The van der Waals surface area contributed by atoms with Crippen molar-refractivity contribution in [2.45, 2.75) is 44.7 Å². The molecule has 1 aromatic heterocycles. The first-order valence-electron chi connectivity index (χ1n) is 14.0. The third kappa shape index (κ3) is 6.10.